The molecule has 1 aromatic heterocycles. The zero-order valence-electron chi connectivity index (χ0n) is 15.1. The number of aryl methyl sites for hydroxylation is 1. The van der Waals surface area contributed by atoms with E-state index in [9.17, 15) is 4.79 Å². The van der Waals surface area contributed by atoms with Gasteiger partial charge in [0.15, 0.2) is 0 Å². The molecular formula is C22H24N2OS. The number of carbonyl (C=O) groups is 1. The van der Waals surface area contributed by atoms with Crippen molar-refractivity contribution in [2.45, 2.75) is 25.9 Å². The largest absolute Gasteiger partial charge is 0.348 e. The fraction of sp³-hybridized carbons (Fsp3) is 0.227. The van der Waals surface area contributed by atoms with Gasteiger partial charge >= 0.3 is 0 Å². The van der Waals surface area contributed by atoms with Crippen LogP contribution in [-0.2, 0) is 4.79 Å². The van der Waals surface area contributed by atoms with Crippen molar-refractivity contribution in [1.82, 2.24) is 10.6 Å². The van der Waals surface area contributed by atoms with Crippen molar-refractivity contribution in [3.63, 3.8) is 0 Å². The first-order valence-corrected chi connectivity index (χ1v) is 9.69. The van der Waals surface area contributed by atoms with Gasteiger partial charge in [0.1, 0.15) is 0 Å². The molecule has 0 saturated heterocycles. The predicted molar refractivity (Wildman–Crippen MR) is 108 cm³/mol. The van der Waals surface area contributed by atoms with Crippen LogP contribution >= 0.6 is 11.3 Å². The van der Waals surface area contributed by atoms with Crippen LogP contribution in [0.5, 0.6) is 0 Å². The maximum atomic E-state index is 12.4. The first-order chi connectivity index (χ1) is 12.6. The molecule has 3 rings (SSSR count). The first-order valence-electron chi connectivity index (χ1n) is 8.81. The third-order valence-corrected chi connectivity index (χ3v) is 5.41. The number of amides is 1. The van der Waals surface area contributed by atoms with Crippen LogP contribution in [0, 0.1) is 6.92 Å². The lowest BCUT2D eigenvalue weighted by Gasteiger charge is -2.21. The van der Waals surface area contributed by atoms with E-state index >= 15 is 0 Å². The van der Waals surface area contributed by atoms with Crippen LogP contribution in [0.2, 0.25) is 0 Å². The molecule has 0 radical (unpaired) electrons. The molecule has 0 fully saturated rings. The highest BCUT2D eigenvalue weighted by Crippen LogP contribution is 2.22. The summed E-state index contributed by atoms with van der Waals surface area (Å²) in [5, 5.41) is 8.50. The van der Waals surface area contributed by atoms with Crippen molar-refractivity contribution in [2.75, 3.05) is 6.54 Å². The van der Waals surface area contributed by atoms with Gasteiger partial charge in [0.05, 0.1) is 18.6 Å². The molecule has 2 atom stereocenters. The first kappa shape index (κ1) is 18.4. The number of thiophene rings is 1. The zero-order valence-corrected chi connectivity index (χ0v) is 15.9. The Balaban J connectivity index is 1.68. The third-order valence-electron chi connectivity index (χ3n) is 4.36. The Hall–Kier alpha value is -2.43. The van der Waals surface area contributed by atoms with E-state index < -0.39 is 0 Å². The zero-order chi connectivity index (χ0) is 18.4. The minimum atomic E-state index is -0.0143. The van der Waals surface area contributed by atoms with Crippen molar-refractivity contribution in [1.29, 1.82) is 0 Å². The Morgan fingerprint density at radius 2 is 1.65 bits per heavy atom. The molecule has 1 heterocycles. The lowest BCUT2D eigenvalue weighted by Crippen LogP contribution is -2.37. The van der Waals surface area contributed by atoms with E-state index in [1.54, 1.807) is 11.3 Å². The smallest absolute Gasteiger partial charge is 0.234 e. The molecule has 26 heavy (non-hydrogen) atoms. The molecule has 134 valence electrons. The van der Waals surface area contributed by atoms with Crippen LogP contribution in [0.15, 0.2) is 72.1 Å². The molecule has 0 spiro atoms. The van der Waals surface area contributed by atoms with Crippen LogP contribution in [-0.4, -0.2) is 12.5 Å². The summed E-state index contributed by atoms with van der Waals surface area (Å²) in [5.74, 6) is -0.000979. The molecule has 0 unspecified atom stereocenters. The van der Waals surface area contributed by atoms with Gasteiger partial charge in [0.2, 0.25) is 5.91 Å². The van der Waals surface area contributed by atoms with E-state index in [2.05, 4.69) is 54.0 Å². The average molecular weight is 365 g/mol. The fourth-order valence-electron chi connectivity index (χ4n) is 2.93. The minimum absolute atomic E-state index is 0.000979. The van der Waals surface area contributed by atoms with Crippen molar-refractivity contribution >= 4 is 17.2 Å². The van der Waals surface area contributed by atoms with Crippen LogP contribution in [0.25, 0.3) is 0 Å². The predicted octanol–water partition coefficient (Wildman–Crippen LogP) is 4.61. The van der Waals surface area contributed by atoms with Gasteiger partial charge in [-0.25, -0.2) is 0 Å². The Morgan fingerprint density at radius 1 is 0.962 bits per heavy atom. The Morgan fingerprint density at radius 3 is 2.31 bits per heavy atom. The molecule has 0 bridgehead atoms. The van der Waals surface area contributed by atoms with Gasteiger partial charge in [-0.3, -0.25) is 10.1 Å². The van der Waals surface area contributed by atoms with Crippen LogP contribution in [0.3, 0.4) is 0 Å². The monoisotopic (exact) mass is 364 g/mol. The van der Waals surface area contributed by atoms with Crippen LogP contribution in [0.4, 0.5) is 0 Å². The number of carbonyl (C=O) groups excluding carboxylic acids is 1. The summed E-state index contributed by atoms with van der Waals surface area (Å²) in [7, 11) is 0. The van der Waals surface area contributed by atoms with Crippen molar-refractivity contribution in [2.24, 2.45) is 0 Å². The molecule has 1 amide bonds. The highest BCUT2D eigenvalue weighted by Gasteiger charge is 2.16. The second-order valence-corrected chi connectivity index (χ2v) is 7.42. The molecule has 0 aliphatic heterocycles. The standard InChI is InChI=1S/C22H24N2OS/c1-16-10-12-19(13-11-16)22(18-7-4-3-5-8-18)23-15-21(25)24-17(2)20-9-6-14-26-20/h3-14,17,22-23H,15H2,1-2H3,(H,24,25)/t17-,22-/m0/s1. The number of hydrogen-bond donors (Lipinski definition) is 2. The molecule has 0 aliphatic carbocycles. The number of benzene rings is 2. The summed E-state index contributed by atoms with van der Waals surface area (Å²) in [4.78, 5) is 13.6. The summed E-state index contributed by atoms with van der Waals surface area (Å²) in [6, 6.07) is 22.7. The molecule has 3 nitrogen and oxygen atoms in total. The number of nitrogens with one attached hydrogen (secondary N) is 2. The second-order valence-electron chi connectivity index (χ2n) is 6.44. The molecule has 2 aromatic carbocycles. The van der Waals surface area contributed by atoms with Gasteiger partial charge in [-0.2, -0.15) is 0 Å². The van der Waals surface area contributed by atoms with Gasteiger partial charge in [0.25, 0.3) is 0 Å². The van der Waals surface area contributed by atoms with Gasteiger partial charge in [-0.1, -0.05) is 66.2 Å². The molecule has 0 aliphatic rings. The Labute approximate surface area is 159 Å². The summed E-state index contributed by atoms with van der Waals surface area (Å²) in [5.41, 5.74) is 3.53. The van der Waals surface area contributed by atoms with Gasteiger partial charge in [-0.15, -0.1) is 11.3 Å². The molecule has 0 saturated carbocycles. The normalized spacial score (nSPS) is 13.2. The summed E-state index contributed by atoms with van der Waals surface area (Å²) in [6.45, 7) is 4.36. The molecule has 2 N–H and O–H groups in total. The number of rotatable bonds is 7. The number of hydrogen-bond acceptors (Lipinski definition) is 3. The van der Waals surface area contributed by atoms with E-state index in [-0.39, 0.29) is 24.5 Å². The van der Waals surface area contributed by atoms with E-state index in [0.29, 0.717) is 0 Å². The maximum absolute atomic E-state index is 12.4. The summed E-state index contributed by atoms with van der Waals surface area (Å²) in [6.07, 6.45) is 0. The third kappa shape index (κ3) is 4.81. The fourth-order valence-corrected chi connectivity index (χ4v) is 3.66. The van der Waals surface area contributed by atoms with Crippen molar-refractivity contribution in [3.05, 3.63) is 93.7 Å². The van der Waals surface area contributed by atoms with E-state index in [4.69, 9.17) is 0 Å². The van der Waals surface area contributed by atoms with Crippen molar-refractivity contribution < 1.29 is 4.79 Å². The van der Waals surface area contributed by atoms with E-state index in [1.165, 1.54) is 5.56 Å². The van der Waals surface area contributed by atoms with Crippen molar-refractivity contribution in [3.8, 4) is 0 Å². The highest BCUT2D eigenvalue weighted by atomic mass is 32.1. The van der Waals surface area contributed by atoms with Crippen LogP contribution in [0.1, 0.15) is 40.6 Å². The summed E-state index contributed by atoms with van der Waals surface area (Å²) < 4.78 is 0. The molecular weight excluding hydrogens is 340 g/mol. The quantitative estimate of drug-likeness (QED) is 0.643. The minimum Gasteiger partial charge on any atom is -0.348 e. The Kier molecular flexibility index (Phi) is 6.21. The van der Waals surface area contributed by atoms with Gasteiger partial charge in [-0.05, 0) is 36.4 Å². The lowest BCUT2D eigenvalue weighted by atomic mass is 9.98. The summed E-state index contributed by atoms with van der Waals surface area (Å²) >= 11 is 1.66. The molecule has 4 heteroatoms. The lowest BCUT2D eigenvalue weighted by molar-refractivity contribution is -0.120. The second kappa shape index (κ2) is 8.79. The highest BCUT2D eigenvalue weighted by molar-refractivity contribution is 7.10. The van der Waals surface area contributed by atoms with E-state index in [1.807, 2.05) is 42.6 Å². The maximum Gasteiger partial charge on any atom is 0.234 e. The topological polar surface area (TPSA) is 41.1 Å². The SMILES string of the molecule is Cc1ccc([C@@H](NCC(=O)N[C@@H](C)c2cccs2)c2ccccc2)cc1. The average Bonchev–Trinajstić information content (AvgIpc) is 3.19. The van der Waals surface area contributed by atoms with Gasteiger partial charge in [0, 0.05) is 4.88 Å². The Bertz CT molecular complexity index is 813. The van der Waals surface area contributed by atoms with E-state index in [0.717, 1.165) is 16.0 Å². The van der Waals surface area contributed by atoms with Gasteiger partial charge < -0.3 is 5.32 Å². The molecule has 3 aromatic rings. The van der Waals surface area contributed by atoms with Crippen LogP contribution < -0.4 is 10.6 Å².